The minimum absolute atomic E-state index is 0. The molecule has 0 aromatic carbocycles. The monoisotopic (exact) mass is 207 g/mol. The van der Waals surface area contributed by atoms with Crippen molar-refractivity contribution in [3.05, 3.63) is 5.82 Å². The van der Waals surface area contributed by atoms with Gasteiger partial charge in [0.15, 0.2) is 5.82 Å². The lowest BCUT2D eigenvalue weighted by atomic mass is 10.6. The van der Waals surface area contributed by atoms with Crippen molar-refractivity contribution in [2.45, 2.75) is 6.61 Å². The average molecular weight is 208 g/mol. The fraction of sp³-hybridized carbons (Fsp3) is 0.833. The quantitative estimate of drug-likeness (QED) is 0.652. The summed E-state index contributed by atoms with van der Waals surface area (Å²) in [5.74, 6) is 0.619. The Bertz CT molecular complexity index is 229. The molecular formula is C6H14ClN5O. The second-order valence-electron chi connectivity index (χ2n) is 2.35. The van der Waals surface area contributed by atoms with Crippen LogP contribution in [-0.2, 0) is 18.4 Å². The first kappa shape index (κ1) is 12.3. The summed E-state index contributed by atoms with van der Waals surface area (Å²) < 4.78 is 5.23. The molecular weight excluding hydrogens is 194 g/mol. The van der Waals surface area contributed by atoms with E-state index in [4.69, 9.17) is 4.74 Å². The maximum Gasteiger partial charge on any atom is 0.200 e. The summed E-state index contributed by atoms with van der Waals surface area (Å²) in [6, 6.07) is 0. The van der Waals surface area contributed by atoms with Gasteiger partial charge in [-0.25, -0.2) is 0 Å². The maximum atomic E-state index is 5.23. The Kier molecular flexibility index (Phi) is 6.38. The van der Waals surface area contributed by atoms with Gasteiger partial charge < -0.3 is 10.1 Å². The third-order valence-electron chi connectivity index (χ3n) is 1.28. The van der Waals surface area contributed by atoms with E-state index in [-0.39, 0.29) is 12.4 Å². The van der Waals surface area contributed by atoms with E-state index in [0.29, 0.717) is 19.0 Å². The van der Waals surface area contributed by atoms with Gasteiger partial charge in [0, 0.05) is 6.54 Å². The Balaban J connectivity index is 0.00000144. The van der Waals surface area contributed by atoms with Gasteiger partial charge >= 0.3 is 0 Å². The number of hydrogen-bond donors (Lipinski definition) is 1. The fourth-order valence-electron chi connectivity index (χ4n) is 0.719. The molecule has 1 heterocycles. The van der Waals surface area contributed by atoms with Crippen molar-refractivity contribution in [1.82, 2.24) is 25.5 Å². The molecule has 0 atom stereocenters. The third kappa shape index (κ3) is 4.76. The zero-order chi connectivity index (χ0) is 8.81. The van der Waals surface area contributed by atoms with Crippen LogP contribution >= 0.6 is 12.4 Å². The number of halogens is 1. The van der Waals surface area contributed by atoms with E-state index in [1.807, 2.05) is 7.05 Å². The molecule has 76 valence electrons. The Labute approximate surface area is 83.1 Å². The summed E-state index contributed by atoms with van der Waals surface area (Å²) >= 11 is 0. The Hall–Kier alpha value is -0.720. The molecule has 1 aromatic heterocycles. The van der Waals surface area contributed by atoms with Crippen molar-refractivity contribution in [2.24, 2.45) is 7.05 Å². The number of nitrogens with one attached hydrogen (secondary N) is 1. The van der Waals surface area contributed by atoms with Gasteiger partial charge in [-0.3, -0.25) is 0 Å². The number of aromatic nitrogens is 4. The second-order valence-corrected chi connectivity index (χ2v) is 2.35. The van der Waals surface area contributed by atoms with E-state index >= 15 is 0 Å². The number of aryl methyl sites for hydroxylation is 1. The lowest BCUT2D eigenvalue weighted by molar-refractivity contribution is 0.118. The van der Waals surface area contributed by atoms with Gasteiger partial charge in [0.2, 0.25) is 0 Å². The van der Waals surface area contributed by atoms with Gasteiger partial charge in [0.05, 0.1) is 13.7 Å². The minimum atomic E-state index is 0. The van der Waals surface area contributed by atoms with Crippen molar-refractivity contribution < 1.29 is 4.74 Å². The third-order valence-corrected chi connectivity index (χ3v) is 1.28. The molecule has 0 bridgehead atoms. The molecule has 0 unspecified atom stereocenters. The molecule has 0 aliphatic heterocycles. The molecule has 0 amide bonds. The van der Waals surface area contributed by atoms with E-state index in [0.717, 1.165) is 6.54 Å². The smallest absolute Gasteiger partial charge is 0.200 e. The van der Waals surface area contributed by atoms with Crippen LogP contribution in [0.15, 0.2) is 0 Å². The molecule has 0 saturated heterocycles. The zero-order valence-corrected chi connectivity index (χ0v) is 8.54. The van der Waals surface area contributed by atoms with Crippen LogP contribution in [0.3, 0.4) is 0 Å². The van der Waals surface area contributed by atoms with Crippen LogP contribution in [0.4, 0.5) is 0 Å². The molecule has 0 aliphatic rings. The Morgan fingerprint density at radius 1 is 1.54 bits per heavy atom. The highest BCUT2D eigenvalue weighted by molar-refractivity contribution is 5.85. The summed E-state index contributed by atoms with van der Waals surface area (Å²) in [5.41, 5.74) is 0. The highest BCUT2D eigenvalue weighted by Gasteiger charge is 1.98. The van der Waals surface area contributed by atoms with E-state index in [9.17, 15) is 0 Å². The molecule has 0 radical (unpaired) electrons. The molecule has 0 spiro atoms. The predicted octanol–water partition coefficient (Wildman–Crippen LogP) is -0.632. The highest BCUT2D eigenvalue weighted by Crippen LogP contribution is 1.88. The molecule has 0 aliphatic carbocycles. The van der Waals surface area contributed by atoms with Gasteiger partial charge in [-0.2, -0.15) is 4.80 Å². The van der Waals surface area contributed by atoms with E-state index in [1.165, 1.54) is 4.80 Å². The topological polar surface area (TPSA) is 64.9 Å². The largest absolute Gasteiger partial charge is 0.372 e. The van der Waals surface area contributed by atoms with E-state index in [1.54, 1.807) is 7.05 Å². The number of tetrazole rings is 1. The molecule has 7 heteroatoms. The van der Waals surface area contributed by atoms with Gasteiger partial charge in [-0.1, -0.05) is 0 Å². The van der Waals surface area contributed by atoms with Crippen molar-refractivity contribution in [1.29, 1.82) is 0 Å². The Morgan fingerprint density at radius 2 is 2.31 bits per heavy atom. The van der Waals surface area contributed by atoms with Crippen molar-refractivity contribution in [2.75, 3.05) is 20.2 Å². The maximum absolute atomic E-state index is 5.23. The molecule has 0 saturated carbocycles. The number of rotatable bonds is 5. The van der Waals surface area contributed by atoms with Crippen LogP contribution in [0.1, 0.15) is 5.82 Å². The molecule has 1 aromatic rings. The molecule has 6 nitrogen and oxygen atoms in total. The number of likely N-dealkylation sites (N-methyl/N-ethyl adjacent to an activating group) is 1. The second kappa shape index (κ2) is 6.76. The molecule has 0 fully saturated rings. The van der Waals surface area contributed by atoms with Crippen LogP contribution in [0, 0.1) is 0 Å². The average Bonchev–Trinajstić information content (AvgIpc) is 2.45. The summed E-state index contributed by atoms with van der Waals surface area (Å²) in [4.78, 5) is 1.41. The molecule has 13 heavy (non-hydrogen) atoms. The van der Waals surface area contributed by atoms with Crippen molar-refractivity contribution >= 4 is 12.4 Å². The van der Waals surface area contributed by atoms with Gasteiger partial charge in [0.1, 0.15) is 6.61 Å². The molecule has 1 rings (SSSR count). The summed E-state index contributed by atoms with van der Waals surface area (Å²) in [7, 11) is 3.61. The number of hydrogen-bond acceptors (Lipinski definition) is 5. The number of ether oxygens (including phenoxy) is 1. The van der Waals surface area contributed by atoms with Crippen molar-refractivity contribution in [3.63, 3.8) is 0 Å². The lowest BCUT2D eigenvalue weighted by Gasteiger charge is -1.98. The van der Waals surface area contributed by atoms with Crippen LogP contribution < -0.4 is 5.32 Å². The summed E-state index contributed by atoms with van der Waals surface area (Å²) in [6.45, 7) is 1.92. The Morgan fingerprint density at radius 3 is 2.85 bits per heavy atom. The first-order valence-electron chi connectivity index (χ1n) is 3.78. The van der Waals surface area contributed by atoms with E-state index in [2.05, 4.69) is 20.7 Å². The highest BCUT2D eigenvalue weighted by atomic mass is 35.5. The normalized spacial score (nSPS) is 9.69. The first-order valence-corrected chi connectivity index (χ1v) is 3.78. The zero-order valence-electron chi connectivity index (χ0n) is 7.73. The minimum Gasteiger partial charge on any atom is -0.372 e. The van der Waals surface area contributed by atoms with Crippen LogP contribution in [-0.4, -0.2) is 40.4 Å². The first-order chi connectivity index (χ1) is 5.83. The van der Waals surface area contributed by atoms with Gasteiger partial charge in [-0.15, -0.1) is 22.6 Å². The summed E-state index contributed by atoms with van der Waals surface area (Å²) in [6.07, 6.45) is 0. The number of nitrogens with zero attached hydrogens (tertiary/aromatic N) is 4. The van der Waals surface area contributed by atoms with E-state index < -0.39 is 0 Å². The standard InChI is InChI=1S/C6H13N5O.ClH/c1-7-3-4-12-5-6-8-10-11(2)9-6;/h7H,3-5H2,1-2H3;1H. The van der Waals surface area contributed by atoms with Gasteiger partial charge in [0.25, 0.3) is 0 Å². The van der Waals surface area contributed by atoms with Crippen LogP contribution in [0.2, 0.25) is 0 Å². The SMILES string of the molecule is CNCCOCc1nnn(C)n1.Cl. The lowest BCUT2D eigenvalue weighted by Crippen LogP contribution is -2.14. The predicted molar refractivity (Wildman–Crippen MR) is 49.6 cm³/mol. The summed E-state index contributed by atoms with van der Waals surface area (Å²) in [5, 5.41) is 14.4. The van der Waals surface area contributed by atoms with Gasteiger partial charge in [-0.05, 0) is 12.3 Å². The molecule has 1 N–H and O–H groups in total. The van der Waals surface area contributed by atoms with Crippen molar-refractivity contribution in [3.8, 4) is 0 Å². The van der Waals surface area contributed by atoms with Crippen LogP contribution in [0.25, 0.3) is 0 Å². The van der Waals surface area contributed by atoms with Crippen LogP contribution in [0.5, 0.6) is 0 Å². The fourth-order valence-corrected chi connectivity index (χ4v) is 0.719.